The lowest BCUT2D eigenvalue weighted by Crippen LogP contribution is -2.39. The lowest BCUT2D eigenvalue weighted by atomic mass is 9.70. The van der Waals surface area contributed by atoms with Crippen LogP contribution in [-0.2, 0) is 20.8 Å². The fourth-order valence-electron chi connectivity index (χ4n) is 5.93. The highest BCUT2D eigenvalue weighted by molar-refractivity contribution is 5.16. The molecule has 0 spiro atoms. The van der Waals surface area contributed by atoms with E-state index in [0.717, 1.165) is 17.9 Å². The van der Waals surface area contributed by atoms with Gasteiger partial charge in [0.15, 0.2) is 6.29 Å². The Bertz CT molecular complexity index is 643. The average molecular weight is 375 g/mol. The van der Waals surface area contributed by atoms with Crippen LogP contribution in [0.2, 0.25) is 0 Å². The molecule has 7 atom stereocenters. The largest absolute Gasteiger partial charge is 0.391 e. The molecule has 1 aliphatic heterocycles. The topological polar surface area (TPSA) is 47.9 Å². The Morgan fingerprint density at radius 1 is 1.22 bits per heavy atom. The molecule has 27 heavy (non-hydrogen) atoms. The van der Waals surface area contributed by atoms with Crippen LogP contribution in [0.3, 0.4) is 0 Å². The van der Waals surface area contributed by atoms with Crippen LogP contribution in [0.4, 0.5) is 0 Å². The maximum atomic E-state index is 10.2. The summed E-state index contributed by atoms with van der Waals surface area (Å²) in [6.07, 6.45) is 2.60. The van der Waals surface area contributed by atoms with Gasteiger partial charge in [-0.05, 0) is 48.0 Å². The van der Waals surface area contributed by atoms with E-state index in [4.69, 9.17) is 14.2 Å². The van der Waals surface area contributed by atoms with Crippen LogP contribution >= 0.6 is 0 Å². The summed E-state index contributed by atoms with van der Waals surface area (Å²) >= 11 is 0. The zero-order chi connectivity index (χ0) is 19.2. The Morgan fingerprint density at radius 3 is 2.63 bits per heavy atom. The molecule has 1 aromatic rings. The minimum Gasteiger partial charge on any atom is -0.391 e. The molecular weight excluding hydrogens is 340 g/mol. The third kappa shape index (κ3) is 3.25. The Labute approximate surface area is 163 Å². The SMILES string of the molecule is C[C@@H](O)[C@H](COCc1ccccc1)O[C@@H]1C[C@H]2[C@H]3CC[C@@](C)([C@H]2O1)C3(C)C. The van der Waals surface area contributed by atoms with Crippen molar-refractivity contribution in [1.29, 1.82) is 0 Å². The molecule has 3 fully saturated rings. The van der Waals surface area contributed by atoms with Crippen molar-refractivity contribution in [3.05, 3.63) is 35.9 Å². The van der Waals surface area contributed by atoms with E-state index in [1.807, 2.05) is 30.3 Å². The highest BCUT2D eigenvalue weighted by Crippen LogP contribution is 2.71. The Kier molecular flexibility index (Phi) is 5.13. The van der Waals surface area contributed by atoms with Crippen molar-refractivity contribution in [3.8, 4) is 0 Å². The van der Waals surface area contributed by atoms with Gasteiger partial charge >= 0.3 is 0 Å². The number of aliphatic hydroxyl groups is 1. The molecule has 2 aliphatic carbocycles. The van der Waals surface area contributed by atoms with Crippen molar-refractivity contribution >= 4 is 0 Å². The first-order valence-electron chi connectivity index (χ1n) is 10.4. The van der Waals surface area contributed by atoms with Crippen LogP contribution in [-0.4, -0.2) is 36.3 Å². The molecule has 0 unspecified atom stereocenters. The zero-order valence-corrected chi connectivity index (χ0v) is 17.1. The highest BCUT2D eigenvalue weighted by atomic mass is 16.7. The lowest BCUT2D eigenvalue weighted by Gasteiger charge is -2.39. The van der Waals surface area contributed by atoms with Crippen molar-refractivity contribution in [1.82, 2.24) is 0 Å². The Morgan fingerprint density at radius 2 is 1.96 bits per heavy atom. The van der Waals surface area contributed by atoms with Crippen molar-refractivity contribution in [2.24, 2.45) is 22.7 Å². The van der Waals surface area contributed by atoms with Gasteiger partial charge in [0.2, 0.25) is 0 Å². The normalized spacial score (nSPS) is 38.7. The van der Waals surface area contributed by atoms with E-state index in [0.29, 0.717) is 24.5 Å². The molecule has 0 radical (unpaired) electrons. The monoisotopic (exact) mass is 374 g/mol. The molecule has 1 aromatic carbocycles. The van der Waals surface area contributed by atoms with Crippen LogP contribution in [0.15, 0.2) is 30.3 Å². The predicted molar refractivity (Wildman–Crippen MR) is 104 cm³/mol. The second-order valence-electron chi connectivity index (χ2n) is 9.59. The fourth-order valence-corrected chi connectivity index (χ4v) is 5.93. The number of rotatable bonds is 7. The summed E-state index contributed by atoms with van der Waals surface area (Å²) in [5.74, 6) is 1.31. The Balaban J connectivity index is 1.33. The van der Waals surface area contributed by atoms with Gasteiger partial charge in [0.25, 0.3) is 0 Å². The average Bonchev–Trinajstić information content (AvgIpc) is 3.19. The van der Waals surface area contributed by atoms with Gasteiger partial charge in [-0.25, -0.2) is 0 Å². The fraction of sp³-hybridized carbons (Fsp3) is 0.739. The number of benzene rings is 1. The summed E-state index contributed by atoms with van der Waals surface area (Å²) in [5.41, 5.74) is 1.71. The van der Waals surface area contributed by atoms with Gasteiger partial charge in [0.1, 0.15) is 6.10 Å². The summed E-state index contributed by atoms with van der Waals surface area (Å²) in [7, 11) is 0. The van der Waals surface area contributed by atoms with Gasteiger partial charge in [0.05, 0.1) is 25.4 Å². The molecule has 1 heterocycles. The van der Waals surface area contributed by atoms with E-state index in [1.54, 1.807) is 6.92 Å². The van der Waals surface area contributed by atoms with E-state index >= 15 is 0 Å². The molecule has 150 valence electrons. The minimum atomic E-state index is -0.589. The van der Waals surface area contributed by atoms with Gasteiger partial charge in [0, 0.05) is 6.42 Å². The van der Waals surface area contributed by atoms with Crippen LogP contribution in [0, 0.1) is 22.7 Å². The van der Waals surface area contributed by atoms with Crippen LogP contribution in [0.5, 0.6) is 0 Å². The molecular formula is C23H34O4. The first kappa shape index (κ1) is 19.4. The molecule has 4 nitrogen and oxygen atoms in total. The van der Waals surface area contributed by atoms with Gasteiger partial charge in [-0.3, -0.25) is 0 Å². The predicted octanol–water partition coefficient (Wildman–Crippen LogP) is 4.16. The molecule has 1 N–H and O–H groups in total. The van der Waals surface area contributed by atoms with Crippen molar-refractivity contribution in [3.63, 3.8) is 0 Å². The molecule has 2 saturated carbocycles. The van der Waals surface area contributed by atoms with Crippen molar-refractivity contribution in [2.75, 3.05) is 6.61 Å². The maximum Gasteiger partial charge on any atom is 0.158 e. The van der Waals surface area contributed by atoms with Gasteiger partial charge in [-0.1, -0.05) is 51.1 Å². The van der Waals surface area contributed by atoms with Gasteiger partial charge < -0.3 is 19.3 Å². The van der Waals surface area contributed by atoms with E-state index in [2.05, 4.69) is 20.8 Å². The van der Waals surface area contributed by atoms with Crippen molar-refractivity contribution < 1.29 is 19.3 Å². The van der Waals surface area contributed by atoms with Crippen molar-refractivity contribution in [2.45, 2.75) is 78.2 Å². The highest BCUT2D eigenvalue weighted by Gasteiger charge is 2.69. The summed E-state index contributed by atoms with van der Waals surface area (Å²) in [4.78, 5) is 0. The number of hydrogen-bond donors (Lipinski definition) is 1. The molecule has 0 aromatic heterocycles. The lowest BCUT2D eigenvalue weighted by molar-refractivity contribution is -0.211. The molecule has 4 rings (SSSR count). The number of aliphatic hydroxyl groups excluding tert-OH is 1. The van der Waals surface area contributed by atoms with Gasteiger partial charge in [-0.15, -0.1) is 0 Å². The second-order valence-corrected chi connectivity index (χ2v) is 9.59. The third-order valence-electron chi connectivity index (χ3n) is 7.93. The first-order chi connectivity index (χ1) is 12.8. The molecule has 4 heteroatoms. The molecule has 1 saturated heterocycles. The van der Waals surface area contributed by atoms with Crippen LogP contribution in [0.1, 0.15) is 52.5 Å². The van der Waals surface area contributed by atoms with E-state index < -0.39 is 6.10 Å². The Hall–Kier alpha value is -0.940. The summed E-state index contributed by atoms with van der Waals surface area (Å²) in [5, 5.41) is 10.2. The van der Waals surface area contributed by atoms with Crippen LogP contribution < -0.4 is 0 Å². The number of hydrogen-bond acceptors (Lipinski definition) is 4. The summed E-state index contributed by atoms with van der Waals surface area (Å²) in [6, 6.07) is 10.1. The number of fused-ring (bicyclic) bond motifs is 5. The molecule has 0 amide bonds. The van der Waals surface area contributed by atoms with Gasteiger partial charge in [-0.2, -0.15) is 0 Å². The van der Waals surface area contributed by atoms with Crippen LogP contribution in [0.25, 0.3) is 0 Å². The van der Waals surface area contributed by atoms with E-state index in [9.17, 15) is 5.11 Å². The molecule has 2 bridgehead atoms. The zero-order valence-electron chi connectivity index (χ0n) is 17.1. The second kappa shape index (κ2) is 7.14. The maximum absolute atomic E-state index is 10.2. The van der Waals surface area contributed by atoms with E-state index in [1.165, 1.54) is 12.8 Å². The first-order valence-corrected chi connectivity index (χ1v) is 10.4. The minimum absolute atomic E-state index is 0.226. The summed E-state index contributed by atoms with van der Waals surface area (Å²) < 4.78 is 18.4. The smallest absolute Gasteiger partial charge is 0.158 e. The number of ether oxygens (including phenoxy) is 3. The molecule has 3 aliphatic rings. The summed E-state index contributed by atoms with van der Waals surface area (Å²) in [6.45, 7) is 9.89. The standard InChI is InChI=1S/C23H34O4/c1-15(24)19(14-25-13-16-8-6-5-7-9-16)26-20-12-17-18-10-11-23(4,21(17)27-20)22(18,2)3/h5-9,15,17-21,24H,10-14H2,1-4H3/t15-,17+,18-,19+,20+,21+,23+/m1/s1. The quantitative estimate of drug-likeness (QED) is 0.779. The third-order valence-corrected chi connectivity index (χ3v) is 7.93. The van der Waals surface area contributed by atoms with E-state index in [-0.39, 0.29) is 23.9 Å².